The number of nitrogens with zero attached hydrogens (tertiary/aromatic N) is 7. The zero-order chi connectivity index (χ0) is 83.0. The van der Waals surface area contributed by atoms with E-state index in [1.54, 1.807) is 80.6 Å². The lowest BCUT2D eigenvalue weighted by Crippen LogP contribution is -2.47. The van der Waals surface area contributed by atoms with Crippen LogP contribution in [0.15, 0.2) is 56.4 Å². The molecular formula is C69H126N10O17S13Si2. The second-order valence-electron chi connectivity index (χ2n) is 29.3. The molecule has 0 aliphatic carbocycles. The first-order valence-electron chi connectivity index (χ1n) is 37.3. The van der Waals surface area contributed by atoms with Gasteiger partial charge >= 0.3 is 29.0 Å². The highest BCUT2D eigenvalue weighted by atomic mass is 33.4. The van der Waals surface area contributed by atoms with E-state index in [9.17, 15) is 39.1 Å². The lowest BCUT2D eigenvalue weighted by atomic mass is 9.99. The highest BCUT2D eigenvalue weighted by Crippen LogP contribution is 2.46. The number of ether oxygens (including phenoxy) is 3. The first kappa shape index (κ1) is 109. The van der Waals surface area contributed by atoms with Gasteiger partial charge in [0.25, 0.3) is 0 Å². The van der Waals surface area contributed by atoms with Crippen LogP contribution in [-0.4, -0.2) is 134 Å². The van der Waals surface area contributed by atoms with Crippen LogP contribution >= 0.6 is 0 Å². The summed E-state index contributed by atoms with van der Waals surface area (Å²) in [7, 11) is 10.4. The Balaban J connectivity index is 0.00000144. The molecule has 0 aromatic carbocycles. The summed E-state index contributed by atoms with van der Waals surface area (Å²) in [6.07, 6.45) is 19.4. The second-order valence-corrected chi connectivity index (χ2v) is 54.7. The molecule has 0 radical (unpaired) electrons. The fourth-order valence-corrected chi connectivity index (χ4v) is 32.8. The Labute approximate surface area is 705 Å². The van der Waals surface area contributed by atoms with Crippen LogP contribution in [0.4, 0.5) is 17.5 Å². The smallest absolute Gasteiger partial charge is 0.351 e. The highest BCUT2D eigenvalue weighted by Gasteiger charge is 2.51. The topological polar surface area (TPSA) is 350 Å². The average molecular weight is 1840 g/mol. The summed E-state index contributed by atoms with van der Waals surface area (Å²) in [4.78, 5) is 92.3. The van der Waals surface area contributed by atoms with Gasteiger partial charge in [-0.15, -0.1) is 0 Å². The molecule has 3 saturated heterocycles. The number of carbonyl (C=O) groups excluding carboxylic acids is 2. The number of unbranched alkanes of at least 4 members (excludes halogenated alkanes) is 14. The van der Waals surface area contributed by atoms with Crippen LogP contribution < -0.4 is 33.5 Å². The molecule has 3 aliphatic heterocycles. The summed E-state index contributed by atoms with van der Waals surface area (Å²) in [6.45, 7) is 36.9. The molecular weight excluding hydrogens is 1710 g/mol. The third-order valence-electron chi connectivity index (χ3n) is 19.2. The molecule has 3 fully saturated rings. The van der Waals surface area contributed by atoms with Gasteiger partial charge in [0.1, 0.15) is 18.3 Å². The van der Waals surface area contributed by atoms with Gasteiger partial charge in [0.2, 0.25) is 0 Å². The van der Waals surface area contributed by atoms with E-state index in [-0.39, 0.29) is 83.6 Å². The third kappa shape index (κ3) is 40.2. The van der Waals surface area contributed by atoms with E-state index >= 15 is 0 Å². The average Bonchev–Trinajstić information content (AvgIpc) is 1.66. The van der Waals surface area contributed by atoms with E-state index in [0.29, 0.717) is 13.0 Å². The highest BCUT2D eigenvalue weighted by molar-refractivity contribution is 8.74. The van der Waals surface area contributed by atoms with E-state index in [0.717, 1.165) is 62.4 Å². The van der Waals surface area contributed by atoms with Crippen LogP contribution in [0.3, 0.4) is 0 Å². The number of nitroso groups, excluding NO2 is 1. The molecule has 111 heavy (non-hydrogen) atoms. The number of aromatic nitrogens is 6. The van der Waals surface area contributed by atoms with Crippen molar-refractivity contribution in [2.24, 2.45) is 17.0 Å². The van der Waals surface area contributed by atoms with Gasteiger partial charge in [0.05, 0.1) is 37.6 Å². The fourth-order valence-electron chi connectivity index (χ4n) is 10.8. The van der Waals surface area contributed by atoms with Crippen molar-refractivity contribution in [3.8, 4) is 0 Å². The Morgan fingerprint density at radius 2 is 0.856 bits per heavy atom. The number of carbonyl (C=O) groups is 2. The molecule has 6 heterocycles. The third-order valence-corrected chi connectivity index (χ3v) is 45.9. The molecule has 6 rings (SSSR count). The fraction of sp³-hybridized carbons (Fsp3) is 0.797. The van der Waals surface area contributed by atoms with E-state index < -0.39 is 83.3 Å². The number of aliphatic hydroxyl groups excluding tert-OH is 3. The maximum Gasteiger partial charge on any atom is 0.351 e. The van der Waals surface area contributed by atoms with Gasteiger partial charge in [-0.2, -0.15) is 19.9 Å². The monoisotopic (exact) mass is 1840 g/mol. The molecule has 3 aromatic heterocycles. The number of aliphatic hydroxyl groups is 3. The molecule has 42 heteroatoms. The molecule has 0 spiro atoms. The minimum absolute atomic E-state index is 0. The Bertz CT molecular complexity index is 3770. The van der Waals surface area contributed by atoms with E-state index in [1.165, 1.54) is 109 Å². The molecule has 12 atom stereocenters. The standard InChI is InChI=1S/C26H47N3O5Si.C18H29N3O7.C17H31N3O4Si.C7H15NO.CH4.S11.S2/c1-9-11-12-13-14-15-16-22(30)33-28-21-17-18-29(25(31)27-21)24-23(19(3)20(10-2)32-24)34-35(7,8)26(4,5)6;1-2-3-4-5-6-7-8-14(23)28-20-13-9-10-21(18(26)19-13)17-16(25)15(24)12(11-22)27-17;1-8-12-11(2)14(24-25(6,7)17(3,4)5)15(23-12)20-10-9-13(19-22)18-16(20)21;1-2-3-4-5-6-7-8-9;;1-3-5-7-9-11-10-8-6-4-2;1-2/h17-20,23-24H,9-16H2,1-8H3,(H,27,28,31);9-10,12,15-17,22,24-25H,2-8,11H2,1H3,(H,19,20,26);9-12,14-15,22H,8H2,1-7H3,(H,18,19,21);2-7H2,1H3;1H4;;/t19-,20+,23?,24+;12-,15+,16?,17-;11-,12+,14?,15+;;;;/m010..../s1. The summed E-state index contributed by atoms with van der Waals surface area (Å²) >= 11 is 16.7. The summed E-state index contributed by atoms with van der Waals surface area (Å²) in [5.41, 5.74) is 5.04. The summed E-state index contributed by atoms with van der Waals surface area (Å²) in [6, 6.07) is 4.53. The SMILES string of the molecule is C.CCCCCCCCC(=O)ONc1ccn([C@@H]2O[C@H](CC)[C@H](C)C2O[Si](C)(C)C(C)(C)C)c(=O)n1.CCCCCCCCC(=O)ONc1ccn([C@@H]2O[C@H](CO)[C@H](O)C2O)c(=O)n1.CCCCCCCN=O.CC[C@H]1O[C@@H](n2ccc(NO)nc2=O)C(O[Si](C)(C)C(C)(C)C)[C@H]1C.S=S.S=S=S=S=S=S=S=S=S=S=S. The number of anilines is 3. The van der Waals surface area contributed by atoms with Crippen molar-refractivity contribution in [3.63, 3.8) is 0 Å². The van der Waals surface area contributed by atoms with Crippen molar-refractivity contribution >= 4 is 171 Å². The predicted octanol–water partition coefficient (Wildman–Crippen LogP) is 13.4. The van der Waals surface area contributed by atoms with Crippen molar-refractivity contribution in [3.05, 3.63) is 73.1 Å². The normalized spacial score (nSPS) is 21.0. The lowest BCUT2D eigenvalue weighted by Gasteiger charge is -2.40. The van der Waals surface area contributed by atoms with E-state index in [4.69, 9.17) is 43.1 Å². The lowest BCUT2D eigenvalue weighted by molar-refractivity contribution is -0.141. The maximum absolute atomic E-state index is 12.9. The van der Waals surface area contributed by atoms with Crippen molar-refractivity contribution in [1.29, 1.82) is 0 Å². The Hall–Kier alpha value is -2.49. The first-order chi connectivity index (χ1) is 52.2. The quantitative estimate of drug-likeness (QED) is 0.0124. The molecule has 7 N–H and O–H groups in total. The Kier molecular flexibility index (Phi) is 58.7. The zero-order valence-electron chi connectivity index (χ0n) is 66.7. The van der Waals surface area contributed by atoms with Crippen LogP contribution in [0.5, 0.6) is 0 Å². The first-order valence-corrected chi connectivity index (χ1v) is 57.8. The van der Waals surface area contributed by atoms with Gasteiger partial charge < -0.3 is 48.1 Å². The molecule has 3 aliphatic rings. The van der Waals surface area contributed by atoms with Gasteiger partial charge in [-0.05, 0) is 74.4 Å². The molecule has 640 valence electrons. The number of rotatable bonds is 35. The van der Waals surface area contributed by atoms with Gasteiger partial charge in [-0.1, -0.05) is 193 Å². The van der Waals surface area contributed by atoms with Gasteiger partial charge in [0, 0.05) is 180 Å². The maximum atomic E-state index is 12.9. The van der Waals surface area contributed by atoms with Crippen LogP contribution in [0.25, 0.3) is 0 Å². The van der Waals surface area contributed by atoms with Crippen molar-refractivity contribution in [2.45, 2.75) is 330 Å². The van der Waals surface area contributed by atoms with Gasteiger partial charge in [-0.25, -0.2) is 34.9 Å². The van der Waals surface area contributed by atoms with E-state index in [1.807, 2.05) is 5.48 Å². The minimum Gasteiger partial charge on any atom is -0.409 e. The molecule has 0 saturated carbocycles. The molecule has 27 nitrogen and oxygen atoms in total. The van der Waals surface area contributed by atoms with Crippen molar-refractivity contribution < 1.29 is 62.9 Å². The van der Waals surface area contributed by atoms with Gasteiger partial charge in [0.15, 0.2) is 52.8 Å². The molecule has 3 aromatic rings. The largest absolute Gasteiger partial charge is 0.409 e. The summed E-state index contributed by atoms with van der Waals surface area (Å²) in [5.74, 6) is -0.135. The Morgan fingerprint density at radius 1 is 0.532 bits per heavy atom. The summed E-state index contributed by atoms with van der Waals surface area (Å²) < 4.78 is 35.1. The van der Waals surface area contributed by atoms with Crippen molar-refractivity contribution in [2.75, 3.05) is 29.6 Å². The number of nitrogens with one attached hydrogen (secondary N) is 3. The van der Waals surface area contributed by atoms with Crippen LogP contribution in [-0.2, 0) is 167 Å². The molecule has 3 unspecified atom stereocenters. The van der Waals surface area contributed by atoms with Crippen LogP contribution in [0.1, 0.15) is 251 Å². The van der Waals surface area contributed by atoms with Gasteiger partial charge in [-0.3, -0.25) is 24.4 Å². The zero-order valence-corrected chi connectivity index (χ0v) is 79.3. The number of hydrogen-bond donors (Lipinski definition) is 7. The Morgan fingerprint density at radius 3 is 1.17 bits per heavy atom. The minimum atomic E-state index is -2.09. The molecule has 0 bridgehead atoms. The van der Waals surface area contributed by atoms with Crippen LogP contribution in [0.2, 0.25) is 36.3 Å². The van der Waals surface area contributed by atoms with E-state index in [2.05, 4.69) is 192 Å². The predicted molar refractivity (Wildman–Crippen MR) is 482 cm³/mol. The molecule has 0 amide bonds. The van der Waals surface area contributed by atoms with Crippen LogP contribution in [0, 0.1) is 16.7 Å². The second kappa shape index (κ2) is 60.1. The summed E-state index contributed by atoms with van der Waals surface area (Å²) in [5, 5.41) is 40.7. The number of hydrogen-bond acceptors (Lipinski definition) is 28. The van der Waals surface area contributed by atoms with Crippen molar-refractivity contribution in [1.82, 2.24) is 28.7 Å².